The maximum absolute atomic E-state index is 12.2. The van der Waals surface area contributed by atoms with E-state index >= 15 is 0 Å². The summed E-state index contributed by atoms with van der Waals surface area (Å²) >= 11 is 0. The lowest BCUT2D eigenvalue weighted by Gasteiger charge is -2.14. The van der Waals surface area contributed by atoms with Crippen LogP contribution in [-0.2, 0) is 6.61 Å². The van der Waals surface area contributed by atoms with Crippen LogP contribution in [0, 0.1) is 0 Å². The molecule has 4 nitrogen and oxygen atoms in total. The first kappa shape index (κ1) is 19.0. The van der Waals surface area contributed by atoms with Crippen LogP contribution in [0.15, 0.2) is 66.2 Å². The van der Waals surface area contributed by atoms with Gasteiger partial charge in [0.2, 0.25) is 0 Å². The van der Waals surface area contributed by atoms with Crippen LogP contribution in [0.2, 0.25) is 0 Å². The van der Waals surface area contributed by atoms with E-state index in [0.29, 0.717) is 18.7 Å². The van der Waals surface area contributed by atoms with E-state index in [1.54, 1.807) is 12.1 Å². The molecule has 0 fully saturated rings. The molecule has 0 aromatic heterocycles. The first-order valence-corrected chi connectivity index (χ1v) is 8.25. The molecule has 2 aromatic carbocycles. The first-order valence-electron chi connectivity index (χ1n) is 8.25. The predicted molar refractivity (Wildman–Crippen MR) is 102 cm³/mol. The second-order valence-corrected chi connectivity index (χ2v) is 5.80. The lowest BCUT2D eigenvalue weighted by molar-refractivity contribution is 0.0956. The van der Waals surface area contributed by atoms with Gasteiger partial charge in [-0.05, 0) is 42.8 Å². The van der Waals surface area contributed by atoms with Crippen molar-refractivity contribution in [2.45, 2.75) is 13.0 Å². The number of rotatable bonds is 6. The summed E-state index contributed by atoms with van der Waals surface area (Å²) in [6, 6.07) is 17.3. The summed E-state index contributed by atoms with van der Waals surface area (Å²) in [5, 5.41) is 6.23. The van der Waals surface area contributed by atoms with Crippen molar-refractivity contribution in [1.82, 2.24) is 10.6 Å². The number of hydrogen-bond donors (Lipinski definition) is 2. The maximum Gasteiger partial charge on any atom is 0.251 e. The van der Waals surface area contributed by atoms with Gasteiger partial charge in [0.05, 0.1) is 0 Å². The zero-order valence-electron chi connectivity index (χ0n) is 14.0. The van der Waals surface area contributed by atoms with Gasteiger partial charge < -0.3 is 15.4 Å². The van der Waals surface area contributed by atoms with Crippen molar-refractivity contribution in [1.29, 1.82) is 0 Å². The van der Waals surface area contributed by atoms with E-state index in [4.69, 9.17) is 4.74 Å². The smallest absolute Gasteiger partial charge is 0.251 e. The number of nitrogens with one attached hydrogen (secondary N) is 2. The summed E-state index contributed by atoms with van der Waals surface area (Å²) in [5.74, 6) is 0.709. The standard InChI is InChI=1S/C20H22N2O2.ClH/c23-20(22-14-16-10-12-21-13-11-16)18-6-8-19(9-7-18)24-15-17-4-2-1-3-5-17;/h1-10,21H,11-15H2,(H,22,23);1H. The lowest BCUT2D eigenvalue weighted by Crippen LogP contribution is -2.29. The molecular weight excluding hydrogens is 336 g/mol. The minimum Gasteiger partial charge on any atom is -0.489 e. The average molecular weight is 359 g/mol. The monoisotopic (exact) mass is 358 g/mol. The minimum absolute atomic E-state index is 0. The van der Waals surface area contributed by atoms with Crippen LogP contribution in [-0.4, -0.2) is 25.5 Å². The highest BCUT2D eigenvalue weighted by Gasteiger charge is 2.08. The van der Waals surface area contributed by atoms with Crippen molar-refractivity contribution >= 4 is 18.3 Å². The molecule has 0 spiro atoms. The van der Waals surface area contributed by atoms with Gasteiger partial charge in [-0.1, -0.05) is 42.0 Å². The number of halogens is 1. The second-order valence-electron chi connectivity index (χ2n) is 5.80. The van der Waals surface area contributed by atoms with E-state index in [-0.39, 0.29) is 18.3 Å². The third kappa shape index (κ3) is 5.93. The highest BCUT2D eigenvalue weighted by molar-refractivity contribution is 5.94. The topological polar surface area (TPSA) is 50.4 Å². The Hall–Kier alpha value is -2.30. The van der Waals surface area contributed by atoms with Crippen molar-refractivity contribution in [3.05, 3.63) is 77.4 Å². The van der Waals surface area contributed by atoms with E-state index in [1.807, 2.05) is 42.5 Å². The third-order valence-corrected chi connectivity index (χ3v) is 4.00. The summed E-state index contributed by atoms with van der Waals surface area (Å²) in [6.45, 7) is 3.01. The Morgan fingerprint density at radius 3 is 2.52 bits per heavy atom. The third-order valence-electron chi connectivity index (χ3n) is 4.00. The van der Waals surface area contributed by atoms with Gasteiger partial charge in [-0.15, -0.1) is 12.4 Å². The Kier molecular flexibility index (Phi) is 7.51. The molecule has 0 atom stereocenters. The van der Waals surface area contributed by atoms with Gasteiger partial charge in [-0.2, -0.15) is 0 Å². The summed E-state index contributed by atoms with van der Waals surface area (Å²) in [7, 11) is 0. The van der Waals surface area contributed by atoms with Crippen LogP contribution in [0.1, 0.15) is 22.3 Å². The van der Waals surface area contributed by atoms with E-state index in [1.165, 1.54) is 5.57 Å². The van der Waals surface area contributed by atoms with E-state index in [0.717, 1.165) is 30.8 Å². The molecule has 132 valence electrons. The highest BCUT2D eigenvalue weighted by atomic mass is 35.5. The van der Waals surface area contributed by atoms with Gasteiger partial charge in [-0.25, -0.2) is 0 Å². The Balaban J connectivity index is 0.00000225. The normalized spacial score (nSPS) is 13.4. The molecule has 5 heteroatoms. The fourth-order valence-corrected chi connectivity index (χ4v) is 2.57. The molecule has 1 heterocycles. The molecule has 2 aromatic rings. The quantitative estimate of drug-likeness (QED) is 0.779. The molecule has 1 amide bonds. The molecule has 0 aliphatic carbocycles. The van der Waals surface area contributed by atoms with Crippen LogP contribution in [0.4, 0.5) is 0 Å². The van der Waals surface area contributed by atoms with Crippen LogP contribution in [0.25, 0.3) is 0 Å². The van der Waals surface area contributed by atoms with Crippen LogP contribution in [0.3, 0.4) is 0 Å². The Morgan fingerprint density at radius 1 is 1.08 bits per heavy atom. The van der Waals surface area contributed by atoms with Crippen LogP contribution < -0.4 is 15.4 Å². The van der Waals surface area contributed by atoms with E-state index in [9.17, 15) is 4.79 Å². The highest BCUT2D eigenvalue weighted by Crippen LogP contribution is 2.14. The number of amides is 1. The molecule has 0 radical (unpaired) electrons. The van der Waals surface area contributed by atoms with Crippen LogP contribution in [0.5, 0.6) is 5.75 Å². The van der Waals surface area contributed by atoms with E-state index < -0.39 is 0 Å². The van der Waals surface area contributed by atoms with Crippen molar-refractivity contribution in [3.63, 3.8) is 0 Å². The number of carbonyl (C=O) groups excluding carboxylic acids is 1. The van der Waals surface area contributed by atoms with Crippen molar-refractivity contribution in [3.8, 4) is 5.75 Å². The average Bonchev–Trinajstić information content (AvgIpc) is 2.66. The lowest BCUT2D eigenvalue weighted by atomic mass is 10.1. The molecule has 1 aliphatic heterocycles. The summed E-state index contributed by atoms with van der Waals surface area (Å²) in [4.78, 5) is 12.2. The fraction of sp³-hybridized carbons (Fsp3) is 0.250. The Morgan fingerprint density at radius 2 is 1.84 bits per heavy atom. The van der Waals surface area contributed by atoms with Crippen molar-refractivity contribution in [2.75, 3.05) is 19.6 Å². The maximum atomic E-state index is 12.2. The van der Waals surface area contributed by atoms with E-state index in [2.05, 4.69) is 16.7 Å². The van der Waals surface area contributed by atoms with Crippen molar-refractivity contribution in [2.24, 2.45) is 0 Å². The second kappa shape index (κ2) is 9.87. The Bertz CT molecular complexity index is 699. The van der Waals surface area contributed by atoms with Gasteiger partial charge in [0.25, 0.3) is 5.91 Å². The zero-order valence-corrected chi connectivity index (χ0v) is 14.9. The molecule has 25 heavy (non-hydrogen) atoms. The zero-order chi connectivity index (χ0) is 16.6. The molecule has 0 unspecified atom stereocenters. The number of carbonyl (C=O) groups is 1. The molecule has 0 saturated carbocycles. The van der Waals surface area contributed by atoms with Crippen LogP contribution >= 0.6 is 12.4 Å². The summed E-state index contributed by atoms with van der Waals surface area (Å²) in [5.41, 5.74) is 3.05. The van der Waals surface area contributed by atoms with Gasteiger partial charge in [0, 0.05) is 18.7 Å². The molecule has 1 aliphatic rings. The molecular formula is C20H23ClN2O2. The predicted octanol–water partition coefficient (Wildman–Crippen LogP) is 3.34. The van der Waals surface area contributed by atoms with Gasteiger partial charge >= 0.3 is 0 Å². The first-order chi connectivity index (χ1) is 11.8. The largest absolute Gasteiger partial charge is 0.489 e. The minimum atomic E-state index is -0.0518. The molecule has 0 bridgehead atoms. The van der Waals surface area contributed by atoms with Gasteiger partial charge in [0.15, 0.2) is 0 Å². The molecule has 3 rings (SSSR count). The molecule has 2 N–H and O–H groups in total. The summed E-state index contributed by atoms with van der Waals surface area (Å²) < 4.78 is 5.73. The Labute approximate surface area is 154 Å². The summed E-state index contributed by atoms with van der Waals surface area (Å²) in [6.07, 6.45) is 3.14. The fourth-order valence-electron chi connectivity index (χ4n) is 2.57. The van der Waals surface area contributed by atoms with Gasteiger partial charge in [-0.3, -0.25) is 4.79 Å². The van der Waals surface area contributed by atoms with Gasteiger partial charge in [0.1, 0.15) is 12.4 Å². The SMILES string of the molecule is Cl.O=C(NCC1=CCNCC1)c1ccc(OCc2ccccc2)cc1. The number of benzene rings is 2. The number of ether oxygens (including phenoxy) is 1. The van der Waals surface area contributed by atoms with Crippen molar-refractivity contribution < 1.29 is 9.53 Å². The number of hydrogen-bond acceptors (Lipinski definition) is 3. The molecule has 0 saturated heterocycles.